The van der Waals surface area contributed by atoms with E-state index in [1.165, 1.54) is 33.4 Å². The minimum atomic E-state index is -0.184. The van der Waals surface area contributed by atoms with Crippen LogP contribution in [0, 0.1) is 0 Å². The molecule has 2 bridgehead atoms. The van der Waals surface area contributed by atoms with Gasteiger partial charge in [0.15, 0.2) is 0 Å². The van der Waals surface area contributed by atoms with Gasteiger partial charge in [0.25, 0.3) is 0 Å². The van der Waals surface area contributed by atoms with Crippen LogP contribution in [0.5, 0.6) is 0 Å². The molecule has 3 nitrogen and oxygen atoms in total. The molecule has 2 aliphatic heterocycles. The van der Waals surface area contributed by atoms with Crippen molar-refractivity contribution in [3.05, 3.63) is 108 Å². The number of carbonyl (C=O) groups is 1. The van der Waals surface area contributed by atoms with Gasteiger partial charge in [0.1, 0.15) is 6.61 Å². The first kappa shape index (κ1) is 20.0. The molecule has 1 saturated heterocycles. The summed E-state index contributed by atoms with van der Waals surface area (Å²) in [4.78, 5) is 15.2. The van der Waals surface area contributed by atoms with Gasteiger partial charge in [-0.1, -0.05) is 91.5 Å². The highest BCUT2D eigenvalue weighted by Gasteiger charge is 2.41. The molecule has 6 rings (SSSR count). The van der Waals surface area contributed by atoms with Gasteiger partial charge < -0.3 is 4.74 Å². The Balaban J connectivity index is 1.21. The summed E-state index contributed by atoms with van der Waals surface area (Å²) in [5, 5.41) is 0. The van der Waals surface area contributed by atoms with Crippen LogP contribution in [0.15, 0.2) is 85.5 Å². The fraction of sp³-hybridized carbons (Fsp3) is 0.233. The van der Waals surface area contributed by atoms with Crippen LogP contribution in [-0.2, 0) is 4.74 Å². The van der Waals surface area contributed by atoms with E-state index in [1.807, 2.05) is 17.0 Å². The summed E-state index contributed by atoms with van der Waals surface area (Å²) in [7, 11) is 0. The van der Waals surface area contributed by atoms with E-state index < -0.39 is 0 Å². The topological polar surface area (TPSA) is 29.5 Å². The van der Waals surface area contributed by atoms with E-state index in [4.69, 9.17) is 4.74 Å². The first-order valence-corrected chi connectivity index (χ1v) is 11.8. The van der Waals surface area contributed by atoms with Crippen LogP contribution in [0.25, 0.3) is 22.8 Å². The molecule has 0 aromatic heterocycles. The normalized spacial score (nSPS) is 20.7. The van der Waals surface area contributed by atoms with Crippen molar-refractivity contribution in [2.75, 3.05) is 6.61 Å². The van der Waals surface area contributed by atoms with Gasteiger partial charge in [0, 0.05) is 12.0 Å². The van der Waals surface area contributed by atoms with Crippen molar-refractivity contribution in [1.29, 1.82) is 0 Å². The highest BCUT2D eigenvalue weighted by atomic mass is 16.6. The summed E-state index contributed by atoms with van der Waals surface area (Å²) in [6, 6.07) is 25.6. The largest absolute Gasteiger partial charge is 0.448 e. The minimum absolute atomic E-state index is 0.0920. The van der Waals surface area contributed by atoms with Gasteiger partial charge in [-0.05, 0) is 58.2 Å². The summed E-state index contributed by atoms with van der Waals surface area (Å²) < 4.78 is 5.99. The van der Waals surface area contributed by atoms with Gasteiger partial charge in [0.05, 0.1) is 6.04 Å². The number of carbonyl (C=O) groups excluding carboxylic acids is 1. The Morgan fingerprint density at radius 3 is 2.21 bits per heavy atom. The van der Waals surface area contributed by atoms with Crippen molar-refractivity contribution < 1.29 is 9.53 Å². The molecular weight excluding hydrogens is 406 g/mol. The summed E-state index contributed by atoms with van der Waals surface area (Å²) in [5.41, 5.74) is 8.70. The predicted molar refractivity (Wildman–Crippen MR) is 133 cm³/mol. The second-order valence-electron chi connectivity index (χ2n) is 9.20. The fourth-order valence-electron chi connectivity index (χ4n) is 5.95. The average Bonchev–Trinajstić information content (AvgIpc) is 3.33. The molecule has 2 atom stereocenters. The number of ether oxygens (including phenoxy) is 1. The molecule has 2 heterocycles. The summed E-state index contributed by atoms with van der Waals surface area (Å²) in [6.07, 6.45) is 6.88. The second-order valence-corrected chi connectivity index (χ2v) is 9.20. The number of hydrogen-bond donors (Lipinski definition) is 0. The number of amides is 1. The van der Waals surface area contributed by atoms with E-state index in [0.717, 1.165) is 24.8 Å². The van der Waals surface area contributed by atoms with Crippen molar-refractivity contribution in [1.82, 2.24) is 4.90 Å². The lowest BCUT2D eigenvalue weighted by atomic mass is 9.91. The van der Waals surface area contributed by atoms with Crippen LogP contribution in [0.3, 0.4) is 0 Å². The standard InChI is InChI=1S/C30H27NO2/c1-2-20-9-3-4-10-24(20)21-17-22-15-16-23(18-21)31(22)30(32)33-19-29-27-13-7-5-11-25(27)26-12-6-8-14-28(26)29/h2-14,17,22-23,29H,1,15-16,18-19H2. The van der Waals surface area contributed by atoms with Gasteiger partial charge in [-0.3, -0.25) is 4.90 Å². The molecule has 1 aliphatic carbocycles. The Hall–Kier alpha value is -3.59. The molecule has 0 N–H and O–H groups in total. The second kappa shape index (κ2) is 8.08. The Bertz CT molecular complexity index is 1230. The molecule has 3 aromatic carbocycles. The van der Waals surface area contributed by atoms with Crippen LogP contribution in [-0.4, -0.2) is 29.7 Å². The molecule has 2 unspecified atom stereocenters. The molecule has 0 spiro atoms. The first-order chi connectivity index (χ1) is 16.2. The van der Waals surface area contributed by atoms with Gasteiger partial charge in [-0.25, -0.2) is 4.79 Å². The van der Waals surface area contributed by atoms with Crippen LogP contribution >= 0.6 is 0 Å². The molecule has 164 valence electrons. The fourth-order valence-corrected chi connectivity index (χ4v) is 5.95. The van der Waals surface area contributed by atoms with Crippen molar-refractivity contribution in [3.8, 4) is 11.1 Å². The molecule has 1 fully saturated rings. The van der Waals surface area contributed by atoms with E-state index >= 15 is 0 Å². The summed E-state index contributed by atoms with van der Waals surface area (Å²) in [5.74, 6) is 0.0920. The van der Waals surface area contributed by atoms with Crippen LogP contribution in [0.2, 0.25) is 0 Å². The molecule has 0 radical (unpaired) electrons. The lowest BCUT2D eigenvalue weighted by molar-refractivity contribution is 0.0866. The zero-order chi connectivity index (χ0) is 22.4. The lowest BCUT2D eigenvalue weighted by Crippen LogP contribution is -2.43. The van der Waals surface area contributed by atoms with Crippen molar-refractivity contribution in [2.24, 2.45) is 0 Å². The minimum Gasteiger partial charge on any atom is -0.448 e. The Morgan fingerprint density at radius 2 is 1.55 bits per heavy atom. The van der Waals surface area contributed by atoms with Crippen LogP contribution in [0.4, 0.5) is 4.79 Å². The lowest BCUT2D eigenvalue weighted by Gasteiger charge is -2.34. The third kappa shape index (κ3) is 3.31. The van der Waals surface area contributed by atoms with Crippen LogP contribution < -0.4 is 0 Å². The third-order valence-electron chi connectivity index (χ3n) is 7.47. The maximum Gasteiger partial charge on any atom is 0.410 e. The Morgan fingerprint density at radius 1 is 0.909 bits per heavy atom. The number of hydrogen-bond acceptors (Lipinski definition) is 2. The third-order valence-corrected chi connectivity index (χ3v) is 7.47. The van der Waals surface area contributed by atoms with Gasteiger partial charge in [-0.2, -0.15) is 0 Å². The number of benzene rings is 3. The van der Waals surface area contributed by atoms with E-state index in [2.05, 4.69) is 79.4 Å². The quantitative estimate of drug-likeness (QED) is 0.448. The number of rotatable bonds is 4. The van der Waals surface area contributed by atoms with Gasteiger partial charge in [0.2, 0.25) is 0 Å². The van der Waals surface area contributed by atoms with E-state index in [-0.39, 0.29) is 24.1 Å². The zero-order valence-corrected chi connectivity index (χ0v) is 18.6. The van der Waals surface area contributed by atoms with E-state index in [9.17, 15) is 4.79 Å². The SMILES string of the molecule is C=Cc1ccccc1C1=CC2CCC(C1)N2C(=O)OCC1c2ccccc2-c2ccccc21. The molecule has 33 heavy (non-hydrogen) atoms. The molecule has 3 heteroatoms. The van der Waals surface area contributed by atoms with E-state index in [0.29, 0.717) is 6.61 Å². The number of nitrogens with zero attached hydrogens (tertiary/aromatic N) is 1. The van der Waals surface area contributed by atoms with Gasteiger partial charge >= 0.3 is 6.09 Å². The average molecular weight is 434 g/mol. The van der Waals surface area contributed by atoms with Crippen molar-refractivity contribution >= 4 is 17.7 Å². The van der Waals surface area contributed by atoms with E-state index in [1.54, 1.807) is 0 Å². The van der Waals surface area contributed by atoms with Crippen LogP contribution in [0.1, 0.15) is 47.4 Å². The van der Waals surface area contributed by atoms with Crippen molar-refractivity contribution in [3.63, 3.8) is 0 Å². The maximum absolute atomic E-state index is 13.3. The predicted octanol–water partition coefficient (Wildman–Crippen LogP) is 6.90. The molecule has 0 saturated carbocycles. The zero-order valence-electron chi connectivity index (χ0n) is 18.6. The Kier molecular flexibility index (Phi) is 4.91. The van der Waals surface area contributed by atoms with Gasteiger partial charge in [-0.15, -0.1) is 0 Å². The summed E-state index contributed by atoms with van der Waals surface area (Å²) >= 11 is 0. The smallest absolute Gasteiger partial charge is 0.410 e. The number of fused-ring (bicyclic) bond motifs is 5. The maximum atomic E-state index is 13.3. The van der Waals surface area contributed by atoms with Crippen molar-refractivity contribution in [2.45, 2.75) is 37.3 Å². The molecule has 1 amide bonds. The highest BCUT2D eigenvalue weighted by Crippen LogP contribution is 2.45. The molecular formula is C30H27NO2. The first-order valence-electron chi connectivity index (χ1n) is 11.8. The summed E-state index contributed by atoms with van der Waals surface area (Å²) in [6.45, 7) is 4.34. The highest BCUT2D eigenvalue weighted by molar-refractivity contribution is 5.80. The Labute approximate surface area is 195 Å². The molecule has 3 aliphatic rings. The molecule has 3 aromatic rings. The monoisotopic (exact) mass is 433 g/mol.